The Morgan fingerprint density at radius 2 is 1.93 bits per heavy atom. The molecule has 1 aromatic carbocycles. The van der Waals surface area contributed by atoms with Gasteiger partial charge >= 0.3 is 0 Å². The number of nitro benzene ring substituents is 1. The molecule has 0 N–H and O–H groups in total. The highest BCUT2D eigenvalue weighted by Gasteiger charge is 2.04. The van der Waals surface area contributed by atoms with Crippen LogP contribution in [0.25, 0.3) is 5.57 Å². The van der Waals surface area contributed by atoms with Crippen LogP contribution in [0, 0.1) is 10.1 Å². The molecular formula is C10H11NO3S. The average molecular weight is 225 g/mol. The van der Waals surface area contributed by atoms with E-state index in [9.17, 15) is 14.3 Å². The van der Waals surface area contributed by atoms with E-state index in [2.05, 4.69) is 0 Å². The lowest BCUT2D eigenvalue weighted by atomic mass is 10.1. The number of nitrogens with zero attached hydrogens (tertiary/aromatic N) is 1. The van der Waals surface area contributed by atoms with Crippen molar-refractivity contribution in [1.82, 2.24) is 0 Å². The second kappa shape index (κ2) is 4.84. The number of allylic oxidation sites excluding steroid dienone is 1. The Bertz CT molecular complexity index is 423. The van der Waals surface area contributed by atoms with Crippen molar-refractivity contribution >= 4 is 22.1 Å². The van der Waals surface area contributed by atoms with Crippen molar-refractivity contribution in [2.45, 2.75) is 6.92 Å². The molecule has 0 aliphatic rings. The van der Waals surface area contributed by atoms with Crippen molar-refractivity contribution in [3.63, 3.8) is 0 Å². The van der Waals surface area contributed by atoms with Crippen LogP contribution in [0.3, 0.4) is 0 Å². The number of hydrogen-bond donors (Lipinski definition) is 0. The predicted molar refractivity (Wildman–Crippen MR) is 60.8 cm³/mol. The fraction of sp³-hybridized carbons (Fsp3) is 0.200. The highest BCUT2D eigenvalue weighted by Crippen LogP contribution is 2.18. The van der Waals surface area contributed by atoms with E-state index in [1.807, 2.05) is 6.92 Å². The third kappa shape index (κ3) is 3.28. The average Bonchev–Trinajstić information content (AvgIpc) is 2.17. The highest BCUT2D eigenvalue weighted by atomic mass is 32.2. The minimum absolute atomic E-state index is 0.0594. The Balaban J connectivity index is 2.99. The Morgan fingerprint density at radius 1 is 1.40 bits per heavy atom. The summed E-state index contributed by atoms with van der Waals surface area (Å²) in [6, 6.07) is 6.17. The first kappa shape index (κ1) is 11.6. The molecule has 1 unspecified atom stereocenters. The van der Waals surface area contributed by atoms with Crippen LogP contribution >= 0.6 is 0 Å². The van der Waals surface area contributed by atoms with Crippen molar-refractivity contribution in [1.29, 1.82) is 0 Å². The maximum Gasteiger partial charge on any atom is 0.269 e. The van der Waals surface area contributed by atoms with Crippen molar-refractivity contribution < 1.29 is 9.13 Å². The molecule has 1 aromatic rings. The summed E-state index contributed by atoms with van der Waals surface area (Å²) in [6.07, 6.45) is 1.58. The lowest BCUT2D eigenvalue weighted by Gasteiger charge is -1.99. The number of benzene rings is 1. The molecule has 0 saturated heterocycles. The van der Waals surface area contributed by atoms with Gasteiger partial charge in [0.1, 0.15) is 0 Å². The maximum atomic E-state index is 10.9. The van der Waals surface area contributed by atoms with E-state index in [4.69, 9.17) is 0 Å². The molecule has 15 heavy (non-hydrogen) atoms. The minimum atomic E-state index is -1.01. The van der Waals surface area contributed by atoms with Gasteiger partial charge in [0, 0.05) is 34.6 Å². The van der Waals surface area contributed by atoms with E-state index >= 15 is 0 Å². The van der Waals surface area contributed by atoms with Crippen LogP contribution in [-0.2, 0) is 10.8 Å². The van der Waals surface area contributed by atoms with Crippen LogP contribution in [0.15, 0.2) is 29.7 Å². The molecule has 80 valence electrons. The van der Waals surface area contributed by atoms with E-state index in [0.717, 1.165) is 11.1 Å². The predicted octanol–water partition coefficient (Wildman–Crippen LogP) is 2.33. The molecule has 0 aromatic heterocycles. The van der Waals surface area contributed by atoms with E-state index in [-0.39, 0.29) is 5.69 Å². The molecule has 0 heterocycles. The second-order valence-electron chi connectivity index (χ2n) is 3.10. The smallest absolute Gasteiger partial charge is 0.258 e. The summed E-state index contributed by atoms with van der Waals surface area (Å²) in [5.41, 5.74) is 1.76. The number of nitro groups is 1. The SMILES string of the molecule is C/C(=C/S(C)=O)c1ccc([N+](=O)[O-])cc1. The molecular weight excluding hydrogens is 214 g/mol. The molecule has 5 heteroatoms. The largest absolute Gasteiger partial charge is 0.269 e. The van der Waals surface area contributed by atoms with Gasteiger partial charge in [-0.3, -0.25) is 14.3 Å². The van der Waals surface area contributed by atoms with Gasteiger partial charge in [0.05, 0.1) is 4.92 Å². The van der Waals surface area contributed by atoms with E-state index in [1.165, 1.54) is 12.1 Å². The third-order valence-corrected chi connectivity index (χ3v) is 2.56. The van der Waals surface area contributed by atoms with Crippen molar-refractivity contribution in [3.8, 4) is 0 Å². The topological polar surface area (TPSA) is 60.2 Å². The standard InChI is InChI=1S/C10H11NO3S/c1-8(7-15(2)14)9-3-5-10(6-4-9)11(12)13/h3-7H,1-2H3/b8-7-. The summed E-state index contributed by atoms with van der Waals surface area (Å²) in [5, 5.41) is 12.0. The van der Waals surface area contributed by atoms with Crippen molar-refractivity contribution in [2.24, 2.45) is 0 Å². The summed E-state index contributed by atoms with van der Waals surface area (Å²) in [5.74, 6) is 0. The van der Waals surface area contributed by atoms with Gasteiger partial charge in [-0.25, -0.2) is 0 Å². The van der Waals surface area contributed by atoms with Gasteiger partial charge in [0.25, 0.3) is 5.69 Å². The van der Waals surface area contributed by atoms with E-state index < -0.39 is 15.7 Å². The van der Waals surface area contributed by atoms with Crippen LogP contribution < -0.4 is 0 Å². The molecule has 0 saturated carbocycles. The van der Waals surface area contributed by atoms with Gasteiger partial charge in [0.2, 0.25) is 0 Å². The first-order valence-electron chi connectivity index (χ1n) is 4.26. The molecule has 0 spiro atoms. The molecule has 1 rings (SSSR count). The fourth-order valence-corrected chi connectivity index (χ4v) is 1.80. The van der Waals surface area contributed by atoms with Crippen LogP contribution in [-0.4, -0.2) is 15.4 Å². The second-order valence-corrected chi connectivity index (χ2v) is 4.34. The van der Waals surface area contributed by atoms with Gasteiger partial charge < -0.3 is 0 Å². The monoisotopic (exact) mass is 225 g/mol. The fourth-order valence-electron chi connectivity index (χ4n) is 1.16. The lowest BCUT2D eigenvalue weighted by molar-refractivity contribution is -0.384. The van der Waals surface area contributed by atoms with Gasteiger partial charge in [-0.2, -0.15) is 0 Å². The molecule has 0 radical (unpaired) electrons. The first-order chi connectivity index (χ1) is 7.00. The van der Waals surface area contributed by atoms with Gasteiger partial charge in [-0.05, 0) is 30.2 Å². The van der Waals surface area contributed by atoms with Crippen LogP contribution in [0.1, 0.15) is 12.5 Å². The summed E-state index contributed by atoms with van der Waals surface area (Å²) in [7, 11) is -1.01. The van der Waals surface area contributed by atoms with Crippen molar-refractivity contribution in [2.75, 3.05) is 6.26 Å². The summed E-state index contributed by atoms with van der Waals surface area (Å²) in [4.78, 5) is 9.96. The minimum Gasteiger partial charge on any atom is -0.258 e. The quantitative estimate of drug-likeness (QED) is 0.586. The Morgan fingerprint density at radius 3 is 2.33 bits per heavy atom. The lowest BCUT2D eigenvalue weighted by Crippen LogP contribution is -1.88. The highest BCUT2D eigenvalue weighted by molar-refractivity contribution is 7.87. The third-order valence-electron chi connectivity index (χ3n) is 1.88. The van der Waals surface area contributed by atoms with Crippen LogP contribution in [0.2, 0.25) is 0 Å². The molecule has 0 fully saturated rings. The van der Waals surface area contributed by atoms with Crippen LogP contribution in [0.5, 0.6) is 0 Å². The Kier molecular flexibility index (Phi) is 3.74. The normalized spacial score (nSPS) is 13.6. The van der Waals surface area contributed by atoms with E-state index in [0.29, 0.717) is 0 Å². The number of non-ortho nitro benzene ring substituents is 1. The van der Waals surface area contributed by atoms with Gasteiger partial charge in [-0.1, -0.05) is 0 Å². The van der Waals surface area contributed by atoms with Gasteiger partial charge in [-0.15, -0.1) is 0 Å². The molecule has 0 bridgehead atoms. The number of hydrogen-bond acceptors (Lipinski definition) is 3. The Hall–Kier alpha value is -1.49. The first-order valence-corrected chi connectivity index (χ1v) is 5.88. The summed E-state index contributed by atoms with van der Waals surface area (Å²) < 4.78 is 10.9. The summed E-state index contributed by atoms with van der Waals surface area (Å²) in [6.45, 7) is 1.82. The maximum absolute atomic E-state index is 10.9. The van der Waals surface area contributed by atoms with Crippen LogP contribution in [0.4, 0.5) is 5.69 Å². The van der Waals surface area contributed by atoms with E-state index in [1.54, 1.807) is 23.8 Å². The molecule has 0 aliphatic carbocycles. The molecule has 4 nitrogen and oxygen atoms in total. The zero-order chi connectivity index (χ0) is 11.4. The Labute approximate surface area is 90.2 Å². The zero-order valence-electron chi connectivity index (χ0n) is 8.47. The van der Waals surface area contributed by atoms with Crippen molar-refractivity contribution in [3.05, 3.63) is 45.4 Å². The summed E-state index contributed by atoms with van der Waals surface area (Å²) >= 11 is 0. The molecule has 0 aliphatic heterocycles. The van der Waals surface area contributed by atoms with Gasteiger partial charge in [0.15, 0.2) is 0 Å². The molecule has 0 amide bonds. The molecule has 1 atom stereocenters. The number of rotatable bonds is 3. The zero-order valence-corrected chi connectivity index (χ0v) is 9.28.